The van der Waals surface area contributed by atoms with Gasteiger partial charge in [0.25, 0.3) is 0 Å². The molecule has 0 saturated carbocycles. The van der Waals surface area contributed by atoms with E-state index in [0.29, 0.717) is 10.9 Å². The van der Waals surface area contributed by atoms with Crippen LogP contribution in [0.1, 0.15) is 24.0 Å². The smallest absolute Gasteiger partial charge is 0.133 e. The standard InChI is InChI=1S/C12H17S.BrH/c1-11-4-6-12(7-5-11)10-13-8-2-3-9-13;/h4-7H,2-3,8-10H2,1H3;1H/q+1;/p-1. The quantitative estimate of drug-likeness (QED) is 0.661. The van der Waals surface area contributed by atoms with Gasteiger partial charge in [0.05, 0.1) is 0 Å². The van der Waals surface area contributed by atoms with E-state index in [1.54, 1.807) is 0 Å². The highest BCUT2D eigenvalue weighted by Crippen LogP contribution is 2.18. The highest BCUT2D eigenvalue weighted by Gasteiger charge is 2.23. The molecular formula is C12H17BrS. The summed E-state index contributed by atoms with van der Waals surface area (Å²) in [6.07, 6.45) is 2.93. The summed E-state index contributed by atoms with van der Waals surface area (Å²) < 4.78 is 0. The summed E-state index contributed by atoms with van der Waals surface area (Å²) in [5.74, 6) is 4.29. The van der Waals surface area contributed by atoms with E-state index in [1.165, 1.54) is 41.2 Å². The minimum atomic E-state index is 0. The fraction of sp³-hybridized carbons (Fsp3) is 0.500. The Labute approximate surface area is 100 Å². The predicted octanol–water partition coefficient (Wildman–Crippen LogP) is -0.0889. The second-order valence-corrected chi connectivity index (χ2v) is 6.19. The molecule has 0 spiro atoms. The van der Waals surface area contributed by atoms with Gasteiger partial charge in [0.15, 0.2) is 0 Å². The molecule has 14 heavy (non-hydrogen) atoms. The van der Waals surface area contributed by atoms with Crippen molar-refractivity contribution < 1.29 is 17.0 Å². The number of benzene rings is 1. The van der Waals surface area contributed by atoms with Crippen molar-refractivity contribution in [1.29, 1.82) is 0 Å². The molecule has 1 aliphatic heterocycles. The van der Waals surface area contributed by atoms with Gasteiger partial charge in [-0.1, -0.05) is 29.8 Å². The SMILES string of the molecule is Cc1ccc(C[S+]2CCCC2)cc1.[Br-]. The zero-order valence-corrected chi connectivity index (χ0v) is 11.0. The third-order valence-electron chi connectivity index (χ3n) is 2.61. The fourth-order valence-corrected chi connectivity index (χ4v) is 4.16. The molecule has 0 nitrogen and oxygen atoms in total. The van der Waals surface area contributed by atoms with Crippen molar-refractivity contribution in [3.05, 3.63) is 35.4 Å². The lowest BCUT2D eigenvalue weighted by Crippen LogP contribution is -3.00. The molecule has 0 unspecified atom stereocenters. The van der Waals surface area contributed by atoms with Crippen molar-refractivity contribution in [2.45, 2.75) is 25.5 Å². The molecule has 1 saturated heterocycles. The van der Waals surface area contributed by atoms with Crippen LogP contribution in [-0.4, -0.2) is 11.5 Å². The molecule has 0 aliphatic carbocycles. The molecule has 1 aromatic carbocycles. The van der Waals surface area contributed by atoms with Crippen molar-refractivity contribution in [1.82, 2.24) is 0 Å². The lowest BCUT2D eigenvalue weighted by molar-refractivity contribution is -0.00000278. The lowest BCUT2D eigenvalue weighted by Gasteiger charge is -2.01. The first kappa shape index (κ1) is 12.1. The van der Waals surface area contributed by atoms with Gasteiger partial charge >= 0.3 is 0 Å². The number of rotatable bonds is 2. The van der Waals surface area contributed by atoms with E-state index in [4.69, 9.17) is 0 Å². The van der Waals surface area contributed by atoms with E-state index >= 15 is 0 Å². The maximum absolute atomic E-state index is 2.29. The first-order valence-corrected chi connectivity index (χ1v) is 6.77. The van der Waals surface area contributed by atoms with E-state index in [0.717, 1.165) is 0 Å². The fourth-order valence-electron chi connectivity index (χ4n) is 1.78. The van der Waals surface area contributed by atoms with Crippen LogP contribution in [0.2, 0.25) is 0 Å². The van der Waals surface area contributed by atoms with Gasteiger partial charge < -0.3 is 17.0 Å². The average Bonchev–Trinajstić information content (AvgIpc) is 2.62. The van der Waals surface area contributed by atoms with E-state index in [-0.39, 0.29) is 17.0 Å². The van der Waals surface area contributed by atoms with Gasteiger partial charge in [0.1, 0.15) is 17.3 Å². The van der Waals surface area contributed by atoms with Crippen LogP contribution in [0.5, 0.6) is 0 Å². The maximum atomic E-state index is 2.29. The molecule has 2 rings (SSSR count). The number of hydrogen-bond acceptors (Lipinski definition) is 0. The van der Waals surface area contributed by atoms with Crippen LogP contribution in [0.4, 0.5) is 0 Å². The van der Waals surface area contributed by atoms with E-state index in [1.807, 2.05) is 0 Å². The summed E-state index contributed by atoms with van der Waals surface area (Å²) >= 11 is 0. The van der Waals surface area contributed by atoms with Gasteiger partial charge in [-0.3, -0.25) is 0 Å². The monoisotopic (exact) mass is 272 g/mol. The maximum Gasteiger partial charge on any atom is 0.133 e. The van der Waals surface area contributed by atoms with Crippen LogP contribution in [0.3, 0.4) is 0 Å². The van der Waals surface area contributed by atoms with Gasteiger partial charge in [-0.15, -0.1) is 0 Å². The summed E-state index contributed by atoms with van der Waals surface area (Å²) in [4.78, 5) is 0. The Morgan fingerprint density at radius 2 is 1.64 bits per heavy atom. The first-order chi connectivity index (χ1) is 6.34. The van der Waals surface area contributed by atoms with Crippen molar-refractivity contribution >= 4 is 10.9 Å². The van der Waals surface area contributed by atoms with Crippen LogP contribution < -0.4 is 17.0 Å². The Bertz CT molecular complexity index is 262. The zero-order chi connectivity index (χ0) is 9.10. The van der Waals surface area contributed by atoms with Gasteiger partial charge in [-0.05, 0) is 30.7 Å². The molecule has 2 heteroatoms. The Balaban J connectivity index is 0.000000980. The van der Waals surface area contributed by atoms with Gasteiger partial charge in [0, 0.05) is 5.56 Å². The molecule has 0 N–H and O–H groups in total. The molecule has 1 aliphatic rings. The molecular weight excluding hydrogens is 256 g/mol. The van der Waals surface area contributed by atoms with Crippen LogP contribution in [0.25, 0.3) is 0 Å². The summed E-state index contributed by atoms with van der Waals surface area (Å²) in [7, 11) is 0.715. The van der Waals surface area contributed by atoms with Gasteiger partial charge in [-0.2, -0.15) is 0 Å². The largest absolute Gasteiger partial charge is 1.00 e. The zero-order valence-electron chi connectivity index (χ0n) is 8.63. The average molecular weight is 273 g/mol. The van der Waals surface area contributed by atoms with E-state index in [9.17, 15) is 0 Å². The first-order valence-electron chi connectivity index (χ1n) is 5.04. The molecule has 0 amide bonds. The molecule has 1 fully saturated rings. The lowest BCUT2D eigenvalue weighted by atomic mass is 10.2. The molecule has 1 aromatic rings. The summed E-state index contributed by atoms with van der Waals surface area (Å²) in [6, 6.07) is 9.05. The van der Waals surface area contributed by atoms with E-state index in [2.05, 4.69) is 31.2 Å². The second-order valence-electron chi connectivity index (χ2n) is 3.86. The molecule has 0 bridgehead atoms. The van der Waals surface area contributed by atoms with Crippen LogP contribution in [0, 0.1) is 6.92 Å². The van der Waals surface area contributed by atoms with Crippen molar-refractivity contribution in [3.8, 4) is 0 Å². The minimum Gasteiger partial charge on any atom is -1.00 e. The van der Waals surface area contributed by atoms with Gasteiger partial charge in [0.2, 0.25) is 0 Å². The van der Waals surface area contributed by atoms with Crippen LogP contribution in [0.15, 0.2) is 24.3 Å². The highest BCUT2D eigenvalue weighted by molar-refractivity contribution is 7.96. The third kappa shape index (κ3) is 3.32. The third-order valence-corrected chi connectivity index (χ3v) is 5.08. The molecule has 78 valence electrons. The topological polar surface area (TPSA) is 0 Å². The molecule has 0 radical (unpaired) electrons. The minimum absolute atomic E-state index is 0. The Morgan fingerprint density at radius 1 is 1.07 bits per heavy atom. The summed E-state index contributed by atoms with van der Waals surface area (Å²) in [5.41, 5.74) is 2.91. The van der Waals surface area contributed by atoms with Crippen molar-refractivity contribution in [2.75, 3.05) is 11.5 Å². The van der Waals surface area contributed by atoms with Crippen molar-refractivity contribution in [2.24, 2.45) is 0 Å². The Kier molecular flexibility index (Phi) is 5.04. The Morgan fingerprint density at radius 3 is 2.21 bits per heavy atom. The molecule has 0 atom stereocenters. The Hall–Kier alpha value is 0.0500. The number of aryl methyl sites for hydroxylation is 1. The summed E-state index contributed by atoms with van der Waals surface area (Å²) in [6.45, 7) is 2.15. The predicted molar refractivity (Wildman–Crippen MR) is 61.2 cm³/mol. The van der Waals surface area contributed by atoms with E-state index < -0.39 is 0 Å². The molecule has 0 aromatic heterocycles. The van der Waals surface area contributed by atoms with Crippen LogP contribution >= 0.6 is 0 Å². The normalized spacial score (nSPS) is 16.6. The molecule has 1 heterocycles. The number of hydrogen-bond donors (Lipinski definition) is 0. The van der Waals surface area contributed by atoms with Crippen LogP contribution in [-0.2, 0) is 16.6 Å². The summed E-state index contributed by atoms with van der Waals surface area (Å²) in [5, 5.41) is 0. The number of halogens is 1. The van der Waals surface area contributed by atoms with Gasteiger partial charge in [-0.25, -0.2) is 0 Å². The van der Waals surface area contributed by atoms with Crippen molar-refractivity contribution in [3.63, 3.8) is 0 Å². The second kappa shape index (κ2) is 5.82. The highest BCUT2D eigenvalue weighted by atomic mass is 79.9.